The van der Waals surface area contributed by atoms with Gasteiger partial charge < -0.3 is 5.73 Å². The Morgan fingerprint density at radius 3 is 2.45 bits per heavy atom. The van der Waals surface area contributed by atoms with Crippen molar-refractivity contribution in [1.82, 2.24) is 0 Å². The van der Waals surface area contributed by atoms with E-state index in [9.17, 15) is 4.79 Å². The molecule has 3 heteroatoms. The van der Waals surface area contributed by atoms with E-state index >= 15 is 0 Å². The van der Waals surface area contributed by atoms with Crippen LogP contribution in [0.1, 0.15) is 26.7 Å². The Bertz CT molecular complexity index is 230. The van der Waals surface area contributed by atoms with E-state index in [4.69, 9.17) is 5.73 Å². The summed E-state index contributed by atoms with van der Waals surface area (Å²) in [6.07, 6.45) is 1.48. The highest BCUT2D eigenvalue weighted by atomic mass is 127. The second-order valence-corrected chi connectivity index (χ2v) is 4.86. The van der Waals surface area contributed by atoms with Gasteiger partial charge in [0.1, 0.15) is 0 Å². The summed E-state index contributed by atoms with van der Waals surface area (Å²) in [7, 11) is 0. The number of ketones is 1. The summed E-state index contributed by atoms with van der Waals surface area (Å²) in [5.41, 5.74) is 6.52. The highest BCUT2D eigenvalue weighted by Crippen LogP contribution is 2.36. The van der Waals surface area contributed by atoms with Crippen LogP contribution in [0.15, 0.2) is 9.28 Å². The van der Waals surface area contributed by atoms with Crippen LogP contribution in [0.5, 0.6) is 0 Å². The fraction of sp³-hybridized carbons (Fsp3) is 0.625. The summed E-state index contributed by atoms with van der Waals surface area (Å²) in [5, 5.41) is 0. The minimum atomic E-state index is 0.0653. The van der Waals surface area contributed by atoms with Gasteiger partial charge in [0.25, 0.3) is 0 Å². The molecule has 2 N–H and O–H groups in total. The zero-order valence-corrected chi connectivity index (χ0v) is 8.94. The third-order valence-electron chi connectivity index (χ3n) is 1.83. The van der Waals surface area contributed by atoms with E-state index in [2.05, 4.69) is 13.8 Å². The van der Waals surface area contributed by atoms with E-state index in [1.165, 1.54) is 0 Å². The van der Waals surface area contributed by atoms with E-state index in [1.54, 1.807) is 0 Å². The third-order valence-corrected chi connectivity index (χ3v) is 3.13. The van der Waals surface area contributed by atoms with Gasteiger partial charge in [0.15, 0.2) is 5.78 Å². The number of rotatable bonds is 0. The van der Waals surface area contributed by atoms with E-state index in [0.717, 1.165) is 15.7 Å². The minimum absolute atomic E-state index is 0.0653. The van der Waals surface area contributed by atoms with Gasteiger partial charge in [-0.3, -0.25) is 4.79 Å². The van der Waals surface area contributed by atoms with Crippen LogP contribution in [0.4, 0.5) is 0 Å². The van der Waals surface area contributed by atoms with Crippen molar-refractivity contribution in [3.63, 3.8) is 0 Å². The molecule has 0 fully saturated rings. The summed E-state index contributed by atoms with van der Waals surface area (Å²) in [4.78, 5) is 11.3. The molecule has 0 aromatic heterocycles. The quantitative estimate of drug-likeness (QED) is 0.680. The van der Waals surface area contributed by atoms with Gasteiger partial charge in [-0.2, -0.15) is 0 Å². The Labute approximate surface area is 80.4 Å². The molecule has 0 radical (unpaired) electrons. The molecule has 0 heterocycles. The van der Waals surface area contributed by atoms with Gasteiger partial charge in [-0.15, -0.1) is 0 Å². The van der Waals surface area contributed by atoms with Crippen molar-refractivity contribution in [2.45, 2.75) is 26.7 Å². The van der Waals surface area contributed by atoms with E-state index < -0.39 is 0 Å². The fourth-order valence-corrected chi connectivity index (χ4v) is 1.73. The summed E-state index contributed by atoms with van der Waals surface area (Å²) in [6.45, 7) is 4.14. The van der Waals surface area contributed by atoms with Crippen LogP contribution in [-0.4, -0.2) is 5.78 Å². The smallest absolute Gasteiger partial charge is 0.171 e. The number of allylic oxidation sites excluding steroid dienone is 2. The highest BCUT2D eigenvalue weighted by molar-refractivity contribution is 14.1. The monoisotopic (exact) mass is 265 g/mol. The molecule has 0 bridgehead atoms. The van der Waals surface area contributed by atoms with Crippen LogP contribution in [0, 0.1) is 5.41 Å². The molecule has 0 aromatic rings. The Balaban J connectivity index is 2.94. The molecule has 62 valence electrons. The van der Waals surface area contributed by atoms with Gasteiger partial charge in [0, 0.05) is 12.1 Å². The summed E-state index contributed by atoms with van der Waals surface area (Å²) in [6, 6.07) is 0. The van der Waals surface area contributed by atoms with E-state index in [1.807, 2.05) is 22.6 Å². The first kappa shape index (κ1) is 9.03. The zero-order valence-electron chi connectivity index (χ0n) is 6.78. The molecule has 0 saturated heterocycles. The first-order chi connectivity index (χ1) is 4.92. The molecule has 0 spiro atoms. The van der Waals surface area contributed by atoms with Gasteiger partial charge in [-0.25, -0.2) is 0 Å². The van der Waals surface area contributed by atoms with Gasteiger partial charge >= 0.3 is 0 Å². The molecule has 2 nitrogen and oxygen atoms in total. The Morgan fingerprint density at radius 2 is 2.00 bits per heavy atom. The predicted molar refractivity (Wildman–Crippen MR) is 53.3 cm³/mol. The third kappa shape index (κ3) is 1.95. The molecule has 0 aliphatic heterocycles. The zero-order chi connectivity index (χ0) is 8.65. The second kappa shape index (κ2) is 2.77. The number of nitrogens with two attached hydrogens (primary N) is 1. The molecule has 11 heavy (non-hydrogen) atoms. The lowest BCUT2D eigenvalue weighted by Gasteiger charge is -2.28. The number of halogens is 1. The maximum absolute atomic E-state index is 11.3. The standard InChI is InChI=1S/C8H12INO/c1-8(2)3-5(10)7(9)6(11)4-8/h3-4,10H2,1-2H3. The molecule has 0 amide bonds. The number of Topliss-reactive ketones (excluding diaryl/α,β-unsaturated/α-hetero) is 1. The van der Waals surface area contributed by atoms with Crippen LogP contribution < -0.4 is 5.73 Å². The maximum Gasteiger partial charge on any atom is 0.171 e. The van der Waals surface area contributed by atoms with Crippen molar-refractivity contribution in [2.75, 3.05) is 0 Å². The lowest BCUT2D eigenvalue weighted by atomic mass is 9.79. The molecule has 1 aliphatic carbocycles. The maximum atomic E-state index is 11.3. The largest absolute Gasteiger partial charge is 0.401 e. The second-order valence-electron chi connectivity index (χ2n) is 3.78. The molecule has 0 atom stereocenters. The van der Waals surface area contributed by atoms with Gasteiger partial charge in [0.2, 0.25) is 0 Å². The fourth-order valence-electron chi connectivity index (χ4n) is 1.35. The van der Waals surface area contributed by atoms with Crippen LogP contribution in [0.2, 0.25) is 0 Å². The van der Waals surface area contributed by atoms with Crippen LogP contribution in [-0.2, 0) is 4.79 Å². The predicted octanol–water partition coefficient (Wildman–Crippen LogP) is 1.98. The minimum Gasteiger partial charge on any atom is -0.401 e. The molecule has 0 saturated carbocycles. The Kier molecular flexibility index (Phi) is 2.27. The summed E-state index contributed by atoms with van der Waals surface area (Å²) < 4.78 is 0.738. The topological polar surface area (TPSA) is 43.1 Å². The molecule has 0 aromatic carbocycles. The lowest BCUT2D eigenvalue weighted by Crippen LogP contribution is -2.26. The SMILES string of the molecule is CC1(C)CC(=O)C(I)=C(N)C1. The first-order valence-electron chi connectivity index (χ1n) is 3.60. The lowest BCUT2D eigenvalue weighted by molar-refractivity contribution is -0.117. The molecule has 1 rings (SSSR count). The average Bonchev–Trinajstić information content (AvgIpc) is 1.81. The van der Waals surface area contributed by atoms with E-state index in [-0.39, 0.29) is 11.2 Å². The average molecular weight is 265 g/mol. The molecular weight excluding hydrogens is 253 g/mol. The van der Waals surface area contributed by atoms with Crippen LogP contribution in [0.25, 0.3) is 0 Å². The summed E-state index contributed by atoms with van der Waals surface area (Å²) >= 11 is 2.03. The molecular formula is C8H12INO. The van der Waals surface area contributed by atoms with Crippen molar-refractivity contribution in [3.05, 3.63) is 9.28 Å². The first-order valence-corrected chi connectivity index (χ1v) is 4.67. The number of carbonyl (C=O) groups is 1. The van der Waals surface area contributed by atoms with E-state index in [0.29, 0.717) is 6.42 Å². The van der Waals surface area contributed by atoms with Crippen LogP contribution in [0.3, 0.4) is 0 Å². The van der Waals surface area contributed by atoms with Gasteiger partial charge in [0.05, 0.1) is 3.58 Å². The Hall–Kier alpha value is -0.0600. The Morgan fingerprint density at radius 1 is 1.45 bits per heavy atom. The van der Waals surface area contributed by atoms with Gasteiger partial charge in [-0.1, -0.05) is 13.8 Å². The molecule has 1 aliphatic rings. The van der Waals surface area contributed by atoms with Gasteiger partial charge in [-0.05, 0) is 34.4 Å². The van der Waals surface area contributed by atoms with Crippen LogP contribution >= 0.6 is 22.6 Å². The normalized spacial score (nSPS) is 24.1. The van der Waals surface area contributed by atoms with Crippen molar-refractivity contribution in [2.24, 2.45) is 11.1 Å². The summed E-state index contributed by atoms with van der Waals surface area (Å²) in [5.74, 6) is 0.194. The number of carbonyl (C=O) groups excluding carboxylic acids is 1. The van der Waals surface area contributed by atoms with Crippen molar-refractivity contribution >= 4 is 28.4 Å². The van der Waals surface area contributed by atoms with Crippen molar-refractivity contribution in [1.29, 1.82) is 0 Å². The van der Waals surface area contributed by atoms with Crippen molar-refractivity contribution in [3.8, 4) is 0 Å². The highest BCUT2D eigenvalue weighted by Gasteiger charge is 2.30. The van der Waals surface area contributed by atoms with Crippen molar-refractivity contribution < 1.29 is 4.79 Å². The number of hydrogen-bond donors (Lipinski definition) is 1. The number of hydrogen-bond acceptors (Lipinski definition) is 2. The molecule has 0 unspecified atom stereocenters.